The molecular weight excluding hydrogens is 372 g/mol. The van der Waals surface area contributed by atoms with E-state index in [4.69, 9.17) is 11.6 Å². The Kier molecular flexibility index (Phi) is 6.19. The fourth-order valence-corrected chi connectivity index (χ4v) is 4.74. The molecule has 1 fully saturated rings. The molecule has 0 radical (unpaired) electrons. The minimum atomic E-state index is -0.261. The van der Waals surface area contributed by atoms with Gasteiger partial charge < -0.3 is 5.32 Å². The Hall–Kier alpha value is -2.20. The summed E-state index contributed by atoms with van der Waals surface area (Å²) in [5, 5.41) is 3.34. The van der Waals surface area contributed by atoms with E-state index in [0.717, 1.165) is 6.42 Å². The lowest BCUT2D eigenvalue weighted by Gasteiger charge is -2.20. The van der Waals surface area contributed by atoms with Gasteiger partial charge in [-0.2, -0.15) is 0 Å². The van der Waals surface area contributed by atoms with Gasteiger partial charge in [0.1, 0.15) is 11.5 Å². The van der Waals surface area contributed by atoms with E-state index in [1.807, 2.05) is 0 Å². The maximum Gasteiger partial charge on any atom is 0.269 e. The van der Waals surface area contributed by atoms with Gasteiger partial charge in [0, 0.05) is 29.6 Å². The number of carbonyl (C=O) groups excluding carboxylic acids is 2. The van der Waals surface area contributed by atoms with Crippen LogP contribution in [-0.4, -0.2) is 23.2 Å². The van der Waals surface area contributed by atoms with E-state index in [1.54, 1.807) is 12.1 Å². The van der Waals surface area contributed by atoms with Crippen LogP contribution in [0.3, 0.4) is 0 Å². The number of carbonyl (C=O) groups is 2. The summed E-state index contributed by atoms with van der Waals surface area (Å²) in [4.78, 5) is 29.4. The lowest BCUT2D eigenvalue weighted by molar-refractivity contribution is -0.122. The molecule has 148 valence electrons. The average molecular weight is 399 g/mol. The lowest BCUT2D eigenvalue weighted by Crippen LogP contribution is -2.28. The molecular formula is C23H27ClN2O2. The molecule has 1 amide bonds. The van der Waals surface area contributed by atoms with Crippen LogP contribution in [0.15, 0.2) is 30.5 Å². The van der Waals surface area contributed by atoms with Crippen LogP contribution in [0, 0.1) is 32.6 Å². The number of Topliss-reactive ketones (excluding diaryl/α,β-unsaturated/α-hetero) is 1. The molecule has 2 aromatic rings. The minimum Gasteiger partial charge on any atom is -0.351 e. The van der Waals surface area contributed by atoms with E-state index in [-0.39, 0.29) is 17.7 Å². The molecule has 28 heavy (non-hydrogen) atoms. The molecule has 4 nitrogen and oxygen atoms in total. The highest BCUT2D eigenvalue weighted by atomic mass is 35.5. The minimum absolute atomic E-state index is 0.0206. The number of nitrogens with zero attached hydrogens (tertiary/aromatic N) is 1. The molecule has 3 rings (SSSR count). The molecule has 0 aliphatic heterocycles. The van der Waals surface area contributed by atoms with Crippen LogP contribution in [0.25, 0.3) is 0 Å². The number of benzene rings is 1. The highest BCUT2D eigenvalue weighted by molar-refractivity contribution is 6.30. The van der Waals surface area contributed by atoms with Gasteiger partial charge in [-0.25, -0.2) is 0 Å². The summed E-state index contributed by atoms with van der Waals surface area (Å²) in [6.07, 6.45) is 3.02. The number of pyridine rings is 1. The summed E-state index contributed by atoms with van der Waals surface area (Å²) in [6, 6.07) is 7.49. The number of ketones is 1. The van der Waals surface area contributed by atoms with Crippen LogP contribution in [0.4, 0.5) is 0 Å². The third-order valence-corrected chi connectivity index (χ3v) is 5.95. The van der Waals surface area contributed by atoms with Gasteiger partial charge in [0.2, 0.25) is 0 Å². The second-order valence-electron chi connectivity index (χ2n) is 8.01. The van der Waals surface area contributed by atoms with Gasteiger partial charge in [-0.3, -0.25) is 14.6 Å². The lowest BCUT2D eigenvalue weighted by atomic mass is 9.83. The van der Waals surface area contributed by atoms with Crippen LogP contribution in [0.1, 0.15) is 58.4 Å². The molecule has 1 aromatic heterocycles. The van der Waals surface area contributed by atoms with Crippen molar-refractivity contribution in [1.82, 2.24) is 10.3 Å². The Bertz CT molecular complexity index is 886. The van der Waals surface area contributed by atoms with E-state index in [0.29, 0.717) is 35.4 Å². The number of amides is 1. The molecule has 0 bridgehead atoms. The molecule has 3 unspecified atom stereocenters. The van der Waals surface area contributed by atoms with Gasteiger partial charge >= 0.3 is 0 Å². The molecule has 1 saturated carbocycles. The molecule has 0 spiro atoms. The second-order valence-corrected chi connectivity index (χ2v) is 8.44. The Morgan fingerprint density at radius 2 is 1.89 bits per heavy atom. The second kappa shape index (κ2) is 8.44. The van der Waals surface area contributed by atoms with Gasteiger partial charge in [-0.15, -0.1) is 0 Å². The number of rotatable bonds is 5. The fraction of sp³-hybridized carbons (Fsp3) is 0.435. The predicted octanol–water partition coefficient (Wildman–Crippen LogP) is 4.79. The van der Waals surface area contributed by atoms with Gasteiger partial charge in [-0.05, 0) is 68.4 Å². The summed E-state index contributed by atoms with van der Waals surface area (Å²) in [5.74, 6) is 0.284. The Morgan fingerprint density at radius 3 is 2.54 bits per heavy atom. The smallest absolute Gasteiger partial charge is 0.269 e. The molecule has 1 heterocycles. The van der Waals surface area contributed by atoms with Gasteiger partial charge in [0.15, 0.2) is 0 Å². The topological polar surface area (TPSA) is 59.1 Å². The van der Waals surface area contributed by atoms with E-state index in [9.17, 15) is 9.59 Å². The quantitative estimate of drug-likeness (QED) is 0.787. The van der Waals surface area contributed by atoms with Crippen molar-refractivity contribution in [2.24, 2.45) is 11.8 Å². The number of hydrogen-bond acceptors (Lipinski definition) is 3. The van der Waals surface area contributed by atoms with Crippen LogP contribution < -0.4 is 5.32 Å². The van der Waals surface area contributed by atoms with Crippen LogP contribution in [0.5, 0.6) is 0 Å². The molecule has 5 heteroatoms. The first-order valence-electron chi connectivity index (χ1n) is 9.79. The number of nitrogens with one attached hydrogen (secondary N) is 1. The summed E-state index contributed by atoms with van der Waals surface area (Å²) in [6.45, 7) is 8.90. The van der Waals surface area contributed by atoms with Crippen LogP contribution in [0.2, 0.25) is 5.02 Å². The molecule has 3 atom stereocenters. The van der Waals surface area contributed by atoms with E-state index < -0.39 is 0 Å². The highest BCUT2D eigenvalue weighted by Gasteiger charge is 2.41. The monoisotopic (exact) mass is 398 g/mol. The van der Waals surface area contributed by atoms with Crippen LogP contribution >= 0.6 is 11.6 Å². The van der Waals surface area contributed by atoms with Gasteiger partial charge in [0.25, 0.3) is 5.91 Å². The molecule has 1 aromatic carbocycles. The number of aromatic nitrogens is 1. The summed E-state index contributed by atoms with van der Waals surface area (Å²) in [5.41, 5.74) is 5.11. The molecule has 1 N–H and O–H groups in total. The largest absolute Gasteiger partial charge is 0.351 e. The third-order valence-electron chi connectivity index (χ3n) is 5.72. The number of halogens is 1. The highest BCUT2D eigenvalue weighted by Crippen LogP contribution is 2.43. The Morgan fingerprint density at radius 1 is 1.21 bits per heavy atom. The zero-order valence-corrected chi connectivity index (χ0v) is 17.6. The molecule has 1 aliphatic carbocycles. The first-order valence-corrected chi connectivity index (χ1v) is 10.2. The van der Waals surface area contributed by atoms with Crippen molar-refractivity contribution in [3.8, 4) is 0 Å². The number of aryl methyl sites for hydroxylation is 3. The van der Waals surface area contributed by atoms with Crippen LogP contribution in [-0.2, 0) is 4.79 Å². The Balaban J connectivity index is 1.64. The third kappa shape index (κ3) is 4.27. The van der Waals surface area contributed by atoms with Crippen molar-refractivity contribution in [3.63, 3.8) is 0 Å². The van der Waals surface area contributed by atoms with Gasteiger partial charge in [-0.1, -0.05) is 36.2 Å². The van der Waals surface area contributed by atoms with Gasteiger partial charge in [0.05, 0.1) is 0 Å². The van der Waals surface area contributed by atoms with E-state index in [1.165, 1.54) is 28.5 Å². The van der Waals surface area contributed by atoms with Crippen molar-refractivity contribution in [1.29, 1.82) is 0 Å². The summed E-state index contributed by atoms with van der Waals surface area (Å²) >= 11 is 5.91. The standard InChI is InChI=1S/C23H27ClN2O2/c1-13-9-14(2)20(15(3)10-13)21-16(4)11-17(22(21)27)5-7-26-23(28)19-12-18(24)6-8-25-19/h6,8-10,12,16-17,21H,5,7,11H2,1-4H3,(H,26,28). The number of hydrogen-bond donors (Lipinski definition) is 1. The van der Waals surface area contributed by atoms with Crippen molar-refractivity contribution < 1.29 is 9.59 Å². The van der Waals surface area contributed by atoms with E-state index >= 15 is 0 Å². The zero-order valence-electron chi connectivity index (χ0n) is 16.9. The maximum atomic E-state index is 13.2. The fourth-order valence-electron chi connectivity index (χ4n) is 4.58. The normalized spacial score (nSPS) is 21.8. The zero-order chi connectivity index (χ0) is 20.4. The van der Waals surface area contributed by atoms with E-state index in [2.05, 4.69) is 50.1 Å². The van der Waals surface area contributed by atoms with Crippen molar-refractivity contribution in [3.05, 3.63) is 63.4 Å². The Labute approximate surface area is 171 Å². The van der Waals surface area contributed by atoms with Crippen molar-refractivity contribution in [2.75, 3.05) is 6.54 Å². The van der Waals surface area contributed by atoms with Crippen molar-refractivity contribution in [2.45, 2.75) is 46.5 Å². The SMILES string of the molecule is Cc1cc(C)c(C2C(=O)C(CCNC(=O)c3cc(Cl)ccn3)CC2C)c(C)c1. The summed E-state index contributed by atoms with van der Waals surface area (Å²) in [7, 11) is 0. The first kappa shape index (κ1) is 20.5. The van der Waals surface area contributed by atoms with Crippen molar-refractivity contribution >= 4 is 23.3 Å². The predicted molar refractivity (Wildman–Crippen MR) is 112 cm³/mol. The first-order chi connectivity index (χ1) is 13.3. The average Bonchev–Trinajstić information content (AvgIpc) is 2.89. The summed E-state index contributed by atoms with van der Waals surface area (Å²) < 4.78 is 0. The molecule has 0 saturated heterocycles. The maximum absolute atomic E-state index is 13.2. The molecule has 1 aliphatic rings.